The van der Waals surface area contributed by atoms with Gasteiger partial charge in [-0.25, -0.2) is 4.79 Å². The van der Waals surface area contributed by atoms with Crippen molar-refractivity contribution in [2.24, 2.45) is 0 Å². The molecule has 0 bridgehead atoms. The Morgan fingerprint density at radius 3 is 2.31 bits per heavy atom. The van der Waals surface area contributed by atoms with Gasteiger partial charge in [0.15, 0.2) is 5.60 Å². The highest BCUT2D eigenvalue weighted by Gasteiger charge is 2.30. The Kier molecular flexibility index (Phi) is 4.74. The highest BCUT2D eigenvalue weighted by atomic mass is 32.2. The van der Waals surface area contributed by atoms with Crippen LogP contribution in [0.1, 0.15) is 20.8 Å². The second-order valence-electron chi connectivity index (χ2n) is 3.34. The molecule has 0 aliphatic heterocycles. The molecule has 0 rings (SSSR count). The van der Waals surface area contributed by atoms with Crippen molar-refractivity contribution in [2.75, 3.05) is 5.75 Å². The lowest BCUT2D eigenvalue weighted by atomic mass is 10.1. The van der Waals surface area contributed by atoms with E-state index in [1.165, 1.54) is 18.7 Å². The third-order valence-electron chi connectivity index (χ3n) is 1.77. The first-order valence-electron chi connectivity index (χ1n) is 4.03. The molecule has 0 heterocycles. The number of hydrogen-bond donors (Lipinski definition) is 3. The summed E-state index contributed by atoms with van der Waals surface area (Å²) in [6.45, 7) is 4.66. The third-order valence-corrected chi connectivity index (χ3v) is 3.42. The van der Waals surface area contributed by atoms with Crippen molar-refractivity contribution in [1.29, 1.82) is 0 Å². The fraction of sp³-hybridized carbons (Fsp3) is 0.875. The molecule has 0 saturated carbocycles. The lowest BCUT2D eigenvalue weighted by molar-refractivity contribution is -0.154. The van der Waals surface area contributed by atoms with Gasteiger partial charge in [-0.1, -0.05) is 6.92 Å². The van der Waals surface area contributed by atoms with Gasteiger partial charge in [-0.15, -0.1) is 0 Å². The molecule has 78 valence electrons. The molecule has 4 nitrogen and oxygen atoms in total. The molecule has 0 aromatic carbocycles. The maximum Gasteiger partial charge on any atom is 0.336 e. The predicted molar refractivity (Wildman–Crippen MR) is 51.9 cm³/mol. The third kappa shape index (κ3) is 4.50. The second kappa shape index (κ2) is 4.83. The number of aliphatic hydroxyl groups excluding tert-OH is 1. The van der Waals surface area contributed by atoms with E-state index in [2.05, 4.69) is 0 Å². The molecule has 0 fully saturated rings. The van der Waals surface area contributed by atoms with E-state index in [1.54, 1.807) is 13.8 Å². The molecule has 3 unspecified atom stereocenters. The van der Waals surface area contributed by atoms with Crippen molar-refractivity contribution in [3.63, 3.8) is 0 Å². The van der Waals surface area contributed by atoms with Crippen LogP contribution in [0, 0.1) is 0 Å². The van der Waals surface area contributed by atoms with Crippen molar-refractivity contribution in [3.05, 3.63) is 0 Å². The molecule has 0 spiro atoms. The van der Waals surface area contributed by atoms with Gasteiger partial charge in [0.05, 0.1) is 6.10 Å². The van der Waals surface area contributed by atoms with Crippen LogP contribution < -0.4 is 0 Å². The van der Waals surface area contributed by atoms with Crippen LogP contribution >= 0.6 is 11.8 Å². The quantitative estimate of drug-likeness (QED) is 0.606. The summed E-state index contributed by atoms with van der Waals surface area (Å²) in [5, 5.41) is 26.9. The molecule has 5 heteroatoms. The van der Waals surface area contributed by atoms with E-state index in [9.17, 15) is 9.90 Å². The minimum absolute atomic E-state index is 0.0778. The SMILES string of the molecule is CC(O)C(C)SCC(C)(O)C(=O)O. The topological polar surface area (TPSA) is 77.8 Å². The van der Waals surface area contributed by atoms with Gasteiger partial charge >= 0.3 is 5.97 Å². The summed E-state index contributed by atoms with van der Waals surface area (Å²) in [7, 11) is 0. The van der Waals surface area contributed by atoms with Gasteiger partial charge in [0.1, 0.15) is 0 Å². The van der Waals surface area contributed by atoms with Crippen molar-refractivity contribution < 1.29 is 20.1 Å². The van der Waals surface area contributed by atoms with Gasteiger partial charge in [0, 0.05) is 11.0 Å². The van der Waals surface area contributed by atoms with Gasteiger partial charge in [-0.3, -0.25) is 0 Å². The number of aliphatic hydroxyl groups is 2. The van der Waals surface area contributed by atoms with E-state index >= 15 is 0 Å². The van der Waals surface area contributed by atoms with Crippen LogP contribution in [-0.4, -0.2) is 44.0 Å². The van der Waals surface area contributed by atoms with Crippen molar-refractivity contribution in [3.8, 4) is 0 Å². The molecule has 0 radical (unpaired) electrons. The van der Waals surface area contributed by atoms with E-state index in [0.29, 0.717) is 0 Å². The molecule has 0 aliphatic rings. The van der Waals surface area contributed by atoms with Crippen molar-refractivity contribution in [1.82, 2.24) is 0 Å². The standard InChI is InChI=1S/C8H16O4S/c1-5(9)6(2)13-4-8(3,12)7(10)11/h5-6,9,12H,4H2,1-3H3,(H,10,11). The van der Waals surface area contributed by atoms with Crippen molar-refractivity contribution >= 4 is 17.7 Å². The Balaban J connectivity index is 3.95. The molecule has 13 heavy (non-hydrogen) atoms. The Labute approximate surface area is 82.0 Å². The van der Waals surface area contributed by atoms with Gasteiger partial charge in [0.2, 0.25) is 0 Å². The minimum Gasteiger partial charge on any atom is -0.479 e. The number of carboxylic acid groups (broad SMARTS) is 1. The lowest BCUT2D eigenvalue weighted by Gasteiger charge is -2.21. The smallest absolute Gasteiger partial charge is 0.336 e. The summed E-state index contributed by atoms with van der Waals surface area (Å²) in [5.74, 6) is -1.16. The number of aliphatic carboxylic acids is 1. The first kappa shape index (κ1) is 12.7. The number of carboxylic acids is 1. The highest BCUT2D eigenvalue weighted by Crippen LogP contribution is 2.20. The summed E-state index contributed by atoms with van der Waals surface area (Å²) >= 11 is 1.24. The maximum atomic E-state index is 10.5. The van der Waals surface area contributed by atoms with Crippen LogP contribution in [0.3, 0.4) is 0 Å². The Morgan fingerprint density at radius 1 is 1.54 bits per heavy atom. The van der Waals surface area contributed by atoms with Crippen LogP contribution in [0.2, 0.25) is 0 Å². The zero-order valence-corrected chi connectivity index (χ0v) is 8.84. The first-order valence-corrected chi connectivity index (χ1v) is 5.07. The monoisotopic (exact) mass is 208 g/mol. The summed E-state index contributed by atoms with van der Waals surface area (Å²) in [4.78, 5) is 10.5. The number of rotatable bonds is 5. The average Bonchev–Trinajstić information content (AvgIpc) is 1.99. The molecule has 3 N–H and O–H groups in total. The second-order valence-corrected chi connectivity index (χ2v) is 4.70. The maximum absolute atomic E-state index is 10.5. The zero-order chi connectivity index (χ0) is 10.6. The van der Waals surface area contributed by atoms with Crippen LogP contribution in [0.4, 0.5) is 0 Å². The Hall–Kier alpha value is -0.260. The Bertz CT molecular complexity index is 179. The number of carbonyl (C=O) groups is 1. The van der Waals surface area contributed by atoms with Crippen LogP contribution in [0.5, 0.6) is 0 Å². The van der Waals surface area contributed by atoms with E-state index in [-0.39, 0.29) is 11.0 Å². The van der Waals surface area contributed by atoms with E-state index in [0.717, 1.165) is 0 Å². The first-order chi connectivity index (χ1) is 5.77. The van der Waals surface area contributed by atoms with Crippen molar-refractivity contribution in [2.45, 2.75) is 37.7 Å². The number of thioether (sulfide) groups is 1. The predicted octanol–water partition coefficient (Wildman–Crippen LogP) is 0.324. The van der Waals surface area contributed by atoms with Gasteiger partial charge < -0.3 is 15.3 Å². The number of hydrogen-bond acceptors (Lipinski definition) is 4. The van der Waals surface area contributed by atoms with E-state index < -0.39 is 17.7 Å². The van der Waals surface area contributed by atoms with Gasteiger partial charge in [0.25, 0.3) is 0 Å². The zero-order valence-electron chi connectivity index (χ0n) is 8.02. The summed E-state index contributed by atoms with van der Waals surface area (Å²) in [6, 6.07) is 0. The molecule has 0 aromatic rings. The summed E-state index contributed by atoms with van der Waals surface area (Å²) < 4.78 is 0. The minimum atomic E-state index is -1.71. The molecule has 0 amide bonds. The molecule has 0 aromatic heterocycles. The van der Waals surface area contributed by atoms with Gasteiger partial charge in [-0.2, -0.15) is 11.8 Å². The fourth-order valence-corrected chi connectivity index (χ4v) is 1.48. The van der Waals surface area contributed by atoms with E-state index in [4.69, 9.17) is 10.2 Å². The van der Waals surface area contributed by atoms with Crippen LogP contribution in [-0.2, 0) is 4.79 Å². The van der Waals surface area contributed by atoms with Crippen LogP contribution in [0.25, 0.3) is 0 Å². The van der Waals surface area contributed by atoms with E-state index in [1.807, 2.05) is 0 Å². The molecular formula is C8H16O4S. The molecular weight excluding hydrogens is 192 g/mol. The normalized spacial score (nSPS) is 20.4. The molecule has 0 saturated heterocycles. The average molecular weight is 208 g/mol. The fourth-order valence-electron chi connectivity index (χ4n) is 0.495. The summed E-state index contributed by atoms with van der Waals surface area (Å²) in [6.07, 6.45) is -0.505. The largest absolute Gasteiger partial charge is 0.479 e. The molecule has 0 aliphatic carbocycles. The lowest BCUT2D eigenvalue weighted by Crippen LogP contribution is -2.38. The molecule has 3 atom stereocenters. The summed E-state index contributed by atoms with van der Waals surface area (Å²) in [5.41, 5.74) is -1.71. The highest BCUT2D eigenvalue weighted by molar-refractivity contribution is 8.00. The van der Waals surface area contributed by atoms with Crippen LogP contribution in [0.15, 0.2) is 0 Å². The Morgan fingerprint density at radius 2 is 2.00 bits per heavy atom. The van der Waals surface area contributed by atoms with Gasteiger partial charge in [-0.05, 0) is 13.8 Å².